The van der Waals surface area contributed by atoms with Gasteiger partial charge in [0.05, 0.1) is 0 Å². The van der Waals surface area contributed by atoms with E-state index >= 15 is 0 Å². The Bertz CT molecular complexity index is 1090. The molecule has 38 heavy (non-hydrogen) atoms. The fourth-order valence-electron chi connectivity index (χ4n) is 3.85. The van der Waals surface area contributed by atoms with Crippen LogP contribution < -0.4 is 10.2 Å². The minimum absolute atomic E-state index is 0.151. The minimum atomic E-state index is -2.33. The summed E-state index contributed by atoms with van der Waals surface area (Å²) in [6, 6.07) is 28.9. The second kappa shape index (κ2) is 12.5. The Kier molecular flexibility index (Phi) is 9.76. The molecule has 0 spiro atoms. The van der Waals surface area contributed by atoms with E-state index in [1.54, 1.807) is 48.5 Å². The van der Waals surface area contributed by atoms with Crippen LogP contribution in [0.3, 0.4) is 0 Å². The zero-order valence-electron chi connectivity index (χ0n) is 21.8. The van der Waals surface area contributed by atoms with E-state index < -0.39 is 6.16 Å². The SMILES string of the molecule is CC(C)(c1ccc(O)cc1)c1ccc(O)cc1.CC(C)(c1ccc(O)cc1)c1ccc(O)cc1.O=C([O-])[O-]. The quantitative estimate of drug-likeness (QED) is 0.315. The summed E-state index contributed by atoms with van der Waals surface area (Å²) in [5.41, 5.74) is 4.20. The first-order valence-electron chi connectivity index (χ1n) is 11.8. The molecule has 0 atom stereocenters. The van der Waals surface area contributed by atoms with Gasteiger partial charge in [-0.25, -0.2) is 0 Å². The van der Waals surface area contributed by atoms with E-state index in [-0.39, 0.29) is 33.8 Å². The maximum Gasteiger partial charge on any atom is 0.115 e. The average molecular weight is 517 g/mol. The zero-order chi connectivity index (χ0) is 28.5. The number of aromatic hydroxyl groups is 4. The zero-order valence-corrected chi connectivity index (χ0v) is 21.8. The maximum absolute atomic E-state index is 9.30. The molecule has 0 amide bonds. The number of hydrogen-bond acceptors (Lipinski definition) is 7. The number of carbonyl (C=O) groups excluding carboxylic acids is 1. The van der Waals surface area contributed by atoms with E-state index in [1.165, 1.54) is 0 Å². The fraction of sp³-hybridized carbons (Fsp3) is 0.194. The summed E-state index contributed by atoms with van der Waals surface area (Å²) in [5.74, 6) is 1.09. The molecule has 0 heterocycles. The molecule has 0 unspecified atom stereocenters. The molecule has 0 saturated carbocycles. The Labute approximate surface area is 222 Å². The van der Waals surface area contributed by atoms with Crippen molar-refractivity contribution in [1.29, 1.82) is 0 Å². The van der Waals surface area contributed by atoms with Crippen molar-refractivity contribution >= 4 is 6.16 Å². The molecule has 0 aliphatic rings. The highest BCUT2D eigenvalue weighted by atomic mass is 16.6. The molecular formula is C31H32O7-2. The van der Waals surface area contributed by atoms with Crippen LogP contribution in [-0.2, 0) is 10.8 Å². The molecule has 4 rings (SSSR count). The Morgan fingerprint density at radius 1 is 0.447 bits per heavy atom. The molecular weight excluding hydrogens is 484 g/mol. The van der Waals surface area contributed by atoms with Crippen molar-refractivity contribution < 1.29 is 35.4 Å². The average Bonchev–Trinajstić information content (AvgIpc) is 2.85. The van der Waals surface area contributed by atoms with Gasteiger partial charge in [-0.2, -0.15) is 0 Å². The largest absolute Gasteiger partial charge is 0.652 e. The smallest absolute Gasteiger partial charge is 0.115 e. The van der Waals surface area contributed by atoms with Gasteiger partial charge in [0.2, 0.25) is 0 Å². The Morgan fingerprint density at radius 2 is 0.579 bits per heavy atom. The van der Waals surface area contributed by atoms with Crippen LogP contribution in [0.4, 0.5) is 4.79 Å². The third kappa shape index (κ3) is 8.20. The number of phenols is 4. The van der Waals surface area contributed by atoms with Crippen LogP contribution in [-0.4, -0.2) is 26.6 Å². The topological polar surface area (TPSA) is 144 Å². The lowest BCUT2D eigenvalue weighted by atomic mass is 9.78. The second-order valence-corrected chi connectivity index (χ2v) is 9.69. The molecule has 0 aliphatic carbocycles. The summed E-state index contributed by atoms with van der Waals surface area (Å²) >= 11 is 0. The van der Waals surface area contributed by atoms with E-state index in [2.05, 4.69) is 27.7 Å². The van der Waals surface area contributed by atoms with Crippen LogP contribution >= 0.6 is 0 Å². The third-order valence-electron chi connectivity index (χ3n) is 6.36. The van der Waals surface area contributed by atoms with E-state index in [1.807, 2.05) is 48.5 Å². The number of phenolic OH excluding ortho intramolecular Hbond substituents is 4. The van der Waals surface area contributed by atoms with Crippen LogP contribution in [0.1, 0.15) is 49.9 Å². The van der Waals surface area contributed by atoms with Gasteiger partial charge in [0, 0.05) is 10.8 Å². The third-order valence-corrected chi connectivity index (χ3v) is 6.36. The highest BCUT2D eigenvalue weighted by molar-refractivity contribution is 5.47. The number of hydrogen-bond donors (Lipinski definition) is 4. The van der Waals surface area contributed by atoms with Gasteiger partial charge >= 0.3 is 0 Å². The molecule has 7 heteroatoms. The molecule has 4 aromatic rings. The molecule has 4 N–H and O–H groups in total. The molecule has 4 aromatic carbocycles. The molecule has 0 fully saturated rings. The summed E-state index contributed by atoms with van der Waals surface area (Å²) in [6.07, 6.45) is -2.33. The molecule has 7 nitrogen and oxygen atoms in total. The van der Waals surface area contributed by atoms with E-state index in [0.717, 1.165) is 22.3 Å². The predicted octanol–water partition coefficient (Wildman–Crippen LogP) is 4.40. The van der Waals surface area contributed by atoms with Crippen LogP contribution in [0.5, 0.6) is 23.0 Å². The van der Waals surface area contributed by atoms with Gasteiger partial charge in [0.1, 0.15) is 23.0 Å². The number of rotatable bonds is 4. The maximum atomic E-state index is 9.30. The van der Waals surface area contributed by atoms with Gasteiger partial charge in [-0.1, -0.05) is 76.2 Å². The summed E-state index contributed by atoms with van der Waals surface area (Å²) in [5, 5.41) is 53.9. The molecule has 0 radical (unpaired) electrons. The van der Waals surface area contributed by atoms with Gasteiger partial charge in [0.15, 0.2) is 0 Å². The van der Waals surface area contributed by atoms with Crippen molar-refractivity contribution in [3.05, 3.63) is 119 Å². The minimum Gasteiger partial charge on any atom is -0.652 e. The Hall–Kier alpha value is -4.65. The van der Waals surface area contributed by atoms with E-state index in [4.69, 9.17) is 15.0 Å². The van der Waals surface area contributed by atoms with Gasteiger partial charge in [-0.3, -0.25) is 0 Å². The molecule has 0 saturated heterocycles. The first-order chi connectivity index (χ1) is 17.7. The highest BCUT2D eigenvalue weighted by Gasteiger charge is 2.23. The highest BCUT2D eigenvalue weighted by Crippen LogP contribution is 2.34. The Balaban J connectivity index is 0.000000234. The standard InChI is InChI=1S/2C15H16O2.CH2O3/c2*1-15(2,11-3-7-13(16)8-4-11)12-5-9-14(17)10-6-12;2-1(3)4/h2*3-10,16-17H,1-2H3;(H2,2,3,4)/p-2. The summed E-state index contributed by atoms with van der Waals surface area (Å²) in [4.78, 5) is 8.33. The molecule has 0 aromatic heterocycles. The first kappa shape index (κ1) is 29.6. The number of benzene rings is 4. The Morgan fingerprint density at radius 3 is 0.711 bits per heavy atom. The lowest BCUT2D eigenvalue weighted by Crippen LogP contribution is -2.37. The van der Waals surface area contributed by atoms with Crippen LogP contribution in [0.2, 0.25) is 0 Å². The molecule has 0 bridgehead atoms. The summed E-state index contributed by atoms with van der Waals surface area (Å²) in [6.45, 7) is 8.47. The van der Waals surface area contributed by atoms with Crippen molar-refractivity contribution in [2.75, 3.05) is 0 Å². The normalized spacial score (nSPS) is 10.8. The predicted molar refractivity (Wildman–Crippen MR) is 142 cm³/mol. The van der Waals surface area contributed by atoms with Crippen molar-refractivity contribution in [2.24, 2.45) is 0 Å². The van der Waals surface area contributed by atoms with Crippen molar-refractivity contribution in [1.82, 2.24) is 0 Å². The van der Waals surface area contributed by atoms with Gasteiger partial charge in [-0.05, 0) is 76.9 Å². The number of carboxylic acid groups (broad SMARTS) is 2. The monoisotopic (exact) mass is 516 g/mol. The van der Waals surface area contributed by atoms with E-state index in [9.17, 15) is 20.4 Å². The van der Waals surface area contributed by atoms with Gasteiger partial charge < -0.3 is 35.4 Å². The molecule has 200 valence electrons. The lowest BCUT2D eigenvalue weighted by molar-refractivity contribution is -0.415. The first-order valence-corrected chi connectivity index (χ1v) is 11.8. The van der Waals surface area contributed by atoms with Crippen molar-refractivity contribution in [3.63, 3.8) is 0 Å². The fourth-order valence-corrected chi connectivity index (χ4v) is 3.85. The van der Waals surface area contributed by atoms with Crippen molar-refractivity contribution in [2.45, 2.75) is 38.5 Å². The van der Waals surface area contributed by atoms with Gasteiger partial charge in [-0.15, -0.1) is 0 Å². The van der Waals surface area contributed by atoms with E-state index in [0.29, 0.717) is 0 Å². The lowest BCUT2D eigenvalue weighted by Gasteiger charge is -2.26. The van der Waals surface area contributed by atoms with Crippen LogP contribution in [0.25, 0.3) is 0 Å². The molecule has 0 aliphatic heterocycles. The second-order valence-electron chi connectivity index (χ2n) is 9.69. The van der Waals surface area contributed by atoms with Crippen LogP contribution in [0, 0.1) is 0 Å². The van der Waals surface area contributed by atoms with Crippen molar-refractivity contribution in [3.8, 4) is 23.0 Å². The van der Waals surface area contributed by atoms with Crippen LogP contribution in [0.15, 0.2) is 97.1 Å². The number of carbonyl (C=O) groups is 1. The summed E-state index contributed by atoms with van der Waals surface area (Å²) < 4.78 is 0. The summed E-state index contributed by atoms with van der Waals surface area (Å²) in [7, 11) is 0. The van der Waals surface area contributed by atoms with Gasteiger partial charge in [0.25, 0.3) is 0 Å².